The summed E-state index contributed by atoms with van der Waals surface area (Å²) >= 11 is 1.61. The summed E-state index contributed by atoms with van der Waals surface area (Å²) in [6, 6.07) is 8.02. The van der Waals surface area contributed by atoms with E-state index in [0.717, 1.165) is 26.9 Å². The number of aliphatic hydroxyl groups is 1. The Balaban J connectivity index is 1.95. The van der Waals surface area contributed by atoms with E-state index in [9.17, 15) is 5.11 Å². The van der Waals surface area contributed by atoms with E-state index in [0.29, 0.717) is 12.5 Å². The molecule has 3 rings (SSSR count). The summed E-state index contributed by atoms with van der Waals surface area (Å²) in [5, 5.41) is 11.4. The molecule has 1 aromatic heterocycles. The third kappa shape index (κ3) is 3.11. The van der Waals surface area contributed by atoms with Crippen molar-refractivity contribution in [1.82, 2.24) is 4.98 Å². The van der Waals surface area contributed by atoms with Crippen LogP contribution in [0.2, 0.25) is 0 Å². The van der Waals surface area contributed by atoms with Gasteiger partial charge in [0.1, 0.15) is 10.8 Å². The van der Waals surface area contributed by atoms with Crippen LogP contribution in [0.4, 0.5) is 0 Å². The fourth-order valence-electron chi connectivity index (χ4n) is 2.39. The molecule has 1 heterocycles. The molecule has 2 aromatic rings. The van der Waals surface area contributed by atoms with Crippen LogP contribution >= 0.6 is 11.3 Å². The molecule has 21 heavy (non-hydrogen) atoms. The molecule has 1 fully saturated rings. The highest BCUT2D eigenvalue weighted by Crippen LogP contribution is 2.47. The van der Waals surface area contributed by atoms with E-state index in [1.165, 1.54) is 12.8 Å². The molecule has 0 atom stereocenters. The van der Waals surface area contributed by atoms with Crippen LogP contribution < -0.4 is 4.74 Å². The maximum atomic E-state index is 10.4. The van der Waals surface area contributed by atoms with Gasteiger partial charge in [0, 0.05) is 11.5 Å². The Morgan fingerprint density at radius 3 is 2.48 bits per heavy atom. The number of hydrogen-bond donors (Lipinski definition) is 1. The third-order valence-corrected chi connectivity index (χ3v) is 5.02. The smallest absolute Gasteiger partial charge is 0.123 e. The van der Waals surface area contributed by atoms with Gasteiger partial charge in [0.15, 0.2) is 0 Å². The van der Waals surface area contributed by atoms with E-state index < -0.39 is 5.60 Å². The Hall–Kier alpha value is -1.39. The number of ether oxygens (including phenoxy) is 1. The Kier molecular flexibility index (Phi) is 3.76. The summed E-state index contributed by atoms with van der Waals surface area (Å²) in [4.78, 5) is 5.81. The van der Waals surface area contributed by atoms with Crippen LogP contribution in [-0.4, -0.2) is 16.7 Å². The van der Waals surface area contributed by atoms with Gasteiger partial charge < -0.3 is 9.84 Å². The second-order valence-electron chi connectivity index (χ2n) is 6.02. The number of benzene rings is 1. The SMILES string of the molecule is CCOc1ccc(-c2nc(C3CC3)c(C(C)(C)O)s2)cc1. The van der Waals surface area contributed by atoms with Crippen molar-refractivity contribution in [1.29, 1.82) is 0 Å². The molecule has 112 valence electrons. The fourth-order valence-corrected chi connectivity index (χ4v) is 3.55. The molecule has 0 amide bonds. The van der Waals surface area contributed by atoms with Crippen molar-refractivity contribution < 1.29 is 9.84 Å². The Labute approximate surface area is 129 Å². The first kappa shape index (κ1) is 14.5. The maximum Gasteiger partial charge on any atom is 0.123 e. The predicted molar refractivity (Wildman–Crippen MR) is 85.9 cm³/mol. The molecule has 1 aromatic carbocycles. The summed E-state index contributed by atoms with van der Waals surface area (Å²) in [6.45, 7) is 6.33. The van der Waals surface area contributed by atoms with Crippen molar-refractivity contribution in [2.45, 2.75) is 45.1 Å². The lowest BCUT2D eigenvalue weighted by molar-refractivity contribution is 0.0813. The molecule has 0 bridgehead atoms. The van der Waals surface area contributed by atoms with Crippen LogP contribution in [0, 0.1) is 0 Å². The predicted octanol–water partition coefficient (Wildman–Crippen LogP) is 4.31. The molecule has 1 N–H and O–H groups in total. The summed E-state index contributed by atoms with van der Waals surface area (Å²) in [5.74, 6) is 1.42. The summed E-state index contributed by atoms with van der Waals surface area (Å²) < 4.78 is 5.47. The lowest BCUT2D eigenvalue weighted by Crippen LogP contribution is -2.15. The first-order valence-corrected chi connectivity index (χ1v) is 8.27. The number of aromatic nitrogens is 1. The van der Waals surface area contributed by atoms with E-state index in [2.05, 4.69) is 0 Å². The highest BCUT2D eigenvalue weighted by molar-refractivity contribution is 7.15. The van der Waals surface area contributed by atoms with Gasteiger partial charge in [-0.25, -0.2) is 4.98 Å². The minimum Gasteiger partial charge on any atom is -0.494 e. The van der Waals surface area contributed by atoms with Gasteiger partial charge in [0.05, 0.1) is 22.8 Å². The van der Waals surface area contributed by atoms with E-state index in [4.69, 9.17) is 9.72 Å². The topological polar surface area (TPSA) is 42.4 Å². The van der Waals surface area contributed by atoms with Crippen LogP contribution in [0.1, 0.15) is 50.1 Å². The van der Waals surface area contributed by atoms with E-state index >= 15 is 0 Å². The molecular formula is C17H21NO2S. The Bertz CT molecular complexity index is 621. The highest BCUT2D eigenvalue weighted by atomic mass is 32.1. The second-order valence-corrected chi connectivity index (χ2v) is 7.02. The maximum absolute atomic E-state index is 10.4. The molecule has 0 radical (unpaired) electrons. The monoisotopic (exact) mass is 303 g/mol. The molecule has 0 aliphatic heterocycles. The van der Waals surface area contributed by atoms with Crippen LogP contribution in [0.15, 0.2) is 24.3 Å². The van der Waals surface area contributed by atoms with Crippen molar-refractivity contribution in [3.8, 4) is 16.3 Å². The average molecular weight is 303 g/mol. The van der Waals surface area contributed by atoms with Gasteiger partial charge in [-0.15, -0.1) is 11.3 Å². The normalized spacial score (nSPS) is 15.2. The molecule has 0 spiro atoms. The Morgan fingerprint density at radius 1 is 1.29 bits per heavy atom. The number of hydrogen-bond acceptors (Lipinski definition) is 4. The zero-order valence-corrected chi connectivity index (χ0v) is 13.5. The first-order valence-electron chi connectivity index (χ1n) is 7.46. The second kappa shape index (κ2) is 5.43. The molecule has 1 aliphatic rings. The lowest BCUT2D eigenvalue weighted by Gasteiger charge is -2.16. The molecule has 1 aliphatic carbocycles. The molecule has 1 saturated carbocycles. The van der Waals surface area contributed by atoms with E-state index in [1.807, 2.05) is 45.0 Å². The summed E-state index contributed by atoms with van der Waals surface area (Å²) in [6.07, 6.45) is 2.38. The van der Waals surface area contributed by atoms with Crippen LogP contribution in [-0.2, 0) is 5.60 Å². The average Bonchev–Trinajstić information content (AvgIpc) is 3.17. The van der Waals surface area contributed by atoms with Gasteiger partial charge in [0.25, 0.3) is 0 Å². The number of rotatable bonds is 5. The van der Waals surface area contributed by atoms with Crippen LogP contribution in [0.25, 0.3) is 10.6 Å². The minimum atomic E-state index is -0.820. The van der Waals surface area contributed by atoms with Crippen molar-refractivity contribution >= 4 is 11.3 Å². The molecule has 0 saturated heterocycles. The lowest BCUT2D eigenvalue weighted by atomic mass is 10.0. The minimum absolute atomic E-state index is 0.541. The quantitative estimate of drug-likeness (QED) is 0.894. The van der Waals surface area contributed by atoms with E-state index in [-0.39, 0.29) is 0 Å². The number of thiazole rings is 1. The van der Waals surface area contributed by atoms with Gasteiger partial charge in [-0.3, -0.25) is 0 Å². The van der Waals surface area contributed by atoms with Crippen LogP contribution in [0.5, 0.6) is 5.75 Å². The largest absolute Gasteiger partial charge is 0.494 e. The van der Waals surface area contributed by atoms with E-state index in [1.54, 1.807) is 11.3 Å². The zero-order chi connectivity index (χ0) is 15.0. The molecule has 0 unspecified atom stereocenters. The van der Waals surface area contributed by atoms with Crippen LogP contribution in [0.3, 0.4) is 0 Å². The van der Waals surface area contributed by atoms with Crippen molar-refractivity contribution in [3.05, 3.63) is 34.8 Å². The Morgan fingerprint density at radius 2 is 1.95 bits per heavy atom. The van der Waals surface area contributed by atoms with Gasteiger partial charge in [-0.2, -0.15) is 0 Å². The highest BCUT2D eigenvalue weighted by Gasteiger charge is 2.34. The van der Waals surface area contributed by atoms with Crippen molar-refractivity contribution in [2.24, 2.45) is 0 Å². The fraction of sp³-hybridized carbons (Fsp3) is 0.471. The van der Waals surface area contributed by atoms with Gasteiger partial charge in [-0.05, 0) is 57.9 Å². The van der Waals surface area contributed by atoms with Gasteiger partial charge in [-0.1, -0.05) is 0 Å². The molecular weight excluding hydrogens is 282 g/mol. The third-order valence-electron chi connectivity index (χ3n) is 3.59. The molecule has 4 heteroatoms. The zero-order valence-electron chi connectivity index (χ0n) is 12.7. The standard InChI is InChI=1S/C17H21NO2S/c1-4-20-13-9-7-12(8-10-13)16-18-14(11-5-6-11)15(21-16)17(2,3)19/h7-11,19H,4-6H2,1-3H3. The molecule has 3 nitrogen and oxygen atoms in total. The summed E-state index contributed by atoms with van der Waals surface area (Å²) in [7, 11) is 0. The van der Waals surface area contributed by atoms with Crippen molar-refractivity contribution in [3.63, 3.8) is 0 Å². The van der Waals surface area contributed by atoms with Gasteiger partial charge >= 0.3 is 0 Å². The van der Waals surface area contributed by atoms with Gasteiger partial charge in [0.2, 0.25) is 0 Å². The first-order chi connectivity index (χ1) is 9.99. The van der Waals surface area contributed by atoms with Crippen molar-refractivity contribution in [2.75, 3.05) is 6.61 Å². The summed E-state index contributed by atoms with van der Waals surface area (Å²) in [5.41, 5.74) is 1.36. The number of nitrogens with zero attached hydrogens (tertiary/aromatic N) is 1.